The number of aromatic nitrogens is 1. The van der Waals surface area contributed by atoms with Crippen LogP contribution in [0.15, 0.2) is 18.3 Å². The first kappa shape index (κ1) is 13.6. The zero-order valence-corrected chi connectivity index (χ0v) is 10.2. The van der Waals surface area contributed by atoms with Gasteiger partial charge in [0.25, 0.3) is 0 Å². The van der Waals surface area contributed by atoms with E-state index in [4.69, 9.17) is 5.26 Å². The molecule has 1 aliphatic carbocycles. The standard InChI is InChI=1S/C12H12F3N3O/c1-18(11-3-2-8(6-16)7-17-11)9-4-10(5-9)19-12(13,14)15/h2-3,7,9-10H,4-5H2,1H3. The van der Waals surface area contributed by atoms with Gasteiger partial charge in [-0.05, 0) is 25.0 Å². The molecular weight excluding hydrogens is 259 g/mol. The molecule has 0 aliphatic heterocycles. The van der Waals surface area contributed by atoms with E-state index in [2.05, 4.69) is 9.72 Å². The van der Waals surface area contributed by atoms with Crippen LogP contribution in [0.3, 0.4) is 0 Å². The number of rotatable bonds is 3. The van der Waals surface area contributed by atoms with Crippen LogP contribution in [-0.4, -0.2) is 30.5 Å². The fourth-order valence-electron chi connectivity index (χ4n) is 1.99. The van der Waals surface area contributed by atoms with E-state index in [1.807, 2.05) is 6.07 Å². The van der Waals surface area contributed by atoms with Crippen LogP contribution < -0.4 is 4.90 Å². The van der Waals surface area contributed by atoms with Gasteiger partial charge in [0.05, 0.1) is 11.7 Å². The lowest BCUT2D eigenvalue weighted by Crippen LogP contribution is -2.48. The van der Waals surface area contributed by atoms with Crippen LogP contribution >= 0.6 is 0 Å². The molecule has 1 aromatic rings. The van der Waals surface area contributed by atoms with Gasteiger partial charge in [0.1, 0.15) is 11.9 Å². The maximum absolute atomic E-state index is 12.0. The molecule has 0 amide bonds. The van der Waals surface area contributed by atoms with Gasteiger partial charge in [-0.2, -0.15) is 5.26 Å². The van der Waals surface area contributed by atoms with Crippen LogP contribution in [0.2, 0.25) is 0 Å². The number of halogens is 3. The first-order chi connectivity index (χ1) is 8.89. The maximum atomic E-state index is 12.0. The highest BCUT2D eigenvalue weighted by atomic mass is 19.4. The molecule has 102 valence electrons. The lowest BCUT2D eigenvalue weighted by Gasteiger charge is -2.41. The van der Waals surface area contributed by atoms with Crippen molar-refractivity contribution in [2.45, 2.75) is 31.3 Å². The highest BCUT2D eigenvalue weighted by molar-refractivity contribution is 5.42. The largest absolute Gasteiger partial charge is 0.522 e. The van der Waals surface area contributed by atoms with Crippen molar-refractivity contribution in [2.24, 2.45) is 0 Å². The molecule has 0 saturated heterocycles. The number of alkyl halides is 3. The molecule has 0 aromatic carbocycles. The molecule has 2 rings (SSSR count). The number of nitrogens with zero attached hydrogens (tertiary/aromatic N) is 3. The molecular formula is C12H12F3N3O. The molecule has 0 bridgehead atoms. The molecule has 1 fully saturated rings. The molecule has 0 atom stereocenters. The molecule has 4 nitrogen and oxygen atoms in total. The fourth-order valence-corrected chi connectivity index (χ4v) is 1.99. The van der Waals surface area contributed by atoms with E-state index in [9.17, 15) is 13.2 Å². The Hall–Kier alpha value is -1.81. The van der Waals surface area contributed by atoms with Crippen LogP contribution in [0.1, 0.15) is 18.4 Å². The Bertz CT molecular complexity index is 474. The van der Waals surface area contributed by atoms with E-state index in [1.165, 1.54) is 6.20 Å². The summed E-state index contributed by atoms with van der Waals surface area (Å²) in [5, 5.41) is 8.65. The summed E-state index contributed by atoms with van der Waals surface area (Å²) in [7, 11) is 1.77. The van der Waals surface area contributed by atoms with Crippen molar-refractivity contribution in [2.75, 3.05) is 11.9 Å². The van der Waals surface area contributed by atoms with E-state index in [1.54, 1.807) is 24.1 Å². The Morgan fingerprint density at radius 3 is 2.58 bits per heavy atom. The predicted octanol–water partition coefficient (Wildman–Crippen LogP) is 2.46. The lowest BCUT2D eigenvalue weighted by molar-refractivity contribution is -0.351. The molecule has 1 aliphatic rings. The Kier molecular flexibility index (Phi) is 3.62. The molecule has 1 saturated carbocycles. The minimum Gasteiger partial charge on any atom is -0.357 e. The average molecular weight is 271 g/mol. The number of anilines is 1. The van der Waals surface area contributed by atoms with E-state index in [0.717, 1.165) is 0 Å². The van der Waals surface area contributed by atoms with E-state index in [-0.39, 0.29) is 6.04 Å². The number of pyridine rings is 1. The summed E-state index contributed by atoms with van der Waals surface area (Å²) in [6, 6.07) is 5.24. The quantitative estimate of drug-likeness (QED) is 0.847. The van der Waals surface area contributed by atoms with Gasteiger partial charge in [0.2, 0.25) is 0 Å². The van der Waals surface area contributed by atoms with Gasteiger partial charge in [-0.25, -0.2) is 4.98 Å². The van der Waals surface area contributed by atoms with E-state index in [0.29, 0.717) is 24.2 Å². The van der Waals surface area contributed by atoms with Crippen LogP contribution in [0.4, 0.5) is 19.0 Å². The molecule has 19 heavy (non-hydrogen) atoms. The Morgan fingerprint density at radius 2 is 2.11 bits per heavy atom. The third-order valence-corrected chi connectivity index (χ3v) is 3.16. The van der Waals surface area contributed by atoms with Crippen molar-refractivity contribution < 1.29 is 17.9 Å². The minimum absolute atomic E-state index is 0.0206. The summed E-state index contributed by atoms with van der Waals surface area (Å²) >= 11 is 0. The second kappa shape index (κ2) is 5.05. The highest BCUT2D eigenvalue weighted by Gasteiger charge is 2.41. The summed E-state index contributed by atoms with van der Waals surface area (Å²) in [4.78, 5) is 5.90. The average Bonchev–Trinajstić information content (AvgIpc) is 2.31. The molecule has 7 heteroatoms. The molecule has 0 radical (unpaired) electrons. The molecule has 0 N–H and O–H groups in total. The molecule has 0 unspecified atom stereocenters. The summed E-state index contributed by atoms with van der Waals surface area (Å²) in [6.45, 7) is 0. The van der Waals surface area contributed by atoms with Gasteiger partial charge in [0, 0.05) is 19.3 Å². The van der Waals surface area contributed by atoms with Crippen molar-refractivity contribution in [1.29, 1.82) is 5.26 Å². The third kappa shape index (κ3) is 3.35. The van der Waals surface area contributed by atoms with Gasteiger partial charge in [-0.3, -0.25) is 4.74 Å². The van der Waals surface area contributed by atoms with Crippen LogP contribution in [0.25, 0.3) is 0 Å². The number of hydrogen-bond acceptors (Lipinski definition) is 4. The third-order valence-electron chi connectivity index (χ3n) is 3.16. The normalized spacial score (nSPS) is 22.5. The summed E-state index contributed by atoms with van der Waals surface area (Å²) < 4.78 is 39.9. The Morgan fingerprint density at radius 1 is 1.42 bits per heavy atom. The van der Waals surface area contributed by atoms with Crippen LogP contribution in [0.5, 0.6) is 0 Å². The maximum Gasteiger partial charge on any atom is 0.522 e. The fraction of sp³-hybridized carbons (Fsp3) is 0.500. The number of ether oxygens (including phenoxy) is 1. The zero-order valence-electron chi connectivity index (χ0n) is 10.2. The monoisotopic (exact) mass is 271 g/mol. The smallest absolute Gasteiger partial charge is 0.357 e. The van der Waals surface area contributed by atoms with Gasteiger partial charge in [-0.1, -0.05) is 0 Å². The minimum atomic E-state index is -4.57. The van der Waals surface area contributed by atoms with Gasteiger partial charge >= 0.3 is 6.36 Å². The van der Waals surface area contributed by atoms with Gasteiger partial charge < -0.3 is 4.90 Å². The zero-order chi connectivity index (χ0) is 14.0. The second-order valence-corrected chi connectivity index (χ2v) is 4.44. The molecule has 1 aromatic heterocycles. The van der Waals surface area contributed by atoms with Gasteiger partial charge in [0.15, 0.2) is 0 Å². The SMILES string of the molecule is CN(c1ccc(C#N)cn1)C1CC(OC(F)(F)F)C1. The van der Waals surface area contributed by atoms with Gasteiger partial charge in [-0.15, -0.1) is 13.2 Å². The van der Waals surface area contributed by atoms with Crippen molar-refractivity contribution in [3.8, 4) is 6.07 Å². The van der Waals surface area contributed by atoms with Crippen molar-refractivity contribution >= 4 is 5.82 Å². The van der Waals surface area contributed by atoms with Crippen molar-refractivity contribution in [3.63, 3.8) is 0 Å². The first-order valence-electron chi connectivity index (χ1n) is 5.72. The lowest BCUT2D eigenvalue weighted by atomic mass is 9.88. The van der Waals surface area contributed by atoms with Crippen molar-refractivity contribution in [1.82, 2.24) is 4.98 Å². The summed E-state index contributed by atoms with van der Waals surface area (Å²) in [5.41, 5.74) is 0.448. The predicted molar refractivity (Wildman–Crippen MR) is 61.3 cm³/mol. The number of nitriles is 1. The van der Waals surface area contributed by atoms with E-state index >= 15 is 0 Å². The topological polar surface area (TPSA) is 49.2 Å². The highest BCUT2D eigenvalue weighted by Crippen LogP contribution is 2.34. The van der Waals surface area contributed by atoms with Crippen LogP contribution in [-0.2, 0) is 4.74 Å². The summed E-state index contributed by atoms with van der Waals surface area (Å²) in [6.07, 6.45) is -3.27. The van der Waals surface area contributed by atoms with E-state index < -0.39 is 12.5 Å². The molecule has 0 spiro atoms. The second-order valence-electron chi connectivity index (χ2n) is 4.44. The Balaban J connectivity index is 1.89. The number of hydrogen-bond donors (Lipinski definition) is 0. The molecule has 1 heterocycles. The first-order valence-corrected chi connectivity index (χ1v) is 5.72. The van der Waals surface area contributed by atoms with Crippen LogP contribution in [0, 0.1) is 11.3 Å². The van der Waals surface area contributed by atoms with Crippen molar-refractivity contribution in [3.05, 3.63) is 23.9 Å². The summed E-state index contributed by atoms with van der Waals surface area (Å²) in [5.74, 6) is 0.634. The Labute approximate surface area is 108 Å².